The highest BCUT2D eigenvalue weighted by Gasteiger charge is 2.11. The van der Waals surface area contributed by atoms with E-state index in [0.29, 0.717) is 42.0 Å². The summed E-state index contributed by atoms with van der Waals surface area (Å²) < 4.78 is 18.3. The fourth-order valence-corrected chi connectivity index (χ4v) is 2.63. The first-order valence-electron chi connectivity index (χ1n) is 8.63. The number of amides is 1. The Morgan fingerprint density at radius 2 is 1.93 bits per heavy atom. The maximum Gasteiger partial charge on any atom is 0.258 e. The smallest absolute Gasteiger partial charge is 0.258 e. The van der Waals surface area contributed by atoms with Gasteiger partial charge in [0.2, 0.25) is 5.91 Å². The molecule has 1 amide bonds. The summed E-state index contributed by atoms with van der Waals surface area (Å²) in [7, 11) is 1.69. The molecule has 6 nitrogen and oxygen atoms in total. The standard InChI is InChI=1S/C20H20FN3O3/c1-24(12-13-27-15-8-6-14(21)7-9-15)19(25)11-10-18-22-17-5-3-2-4-16(17)20(26)23-18/h2-9H,10-13H2,1H3,(H,22,23,26). The second-order valence-electron chi connectivity index (χ2n) is 6.15. The zero-order valence-corrected chi connectivity index (χ0v) is 14.9. The van der Waals surface area contributed by atoms with Gasteiger partial charge in [-0.05, 0) is 36.4 Å². The highest BCUT2D eigenvalue weighted by Crippen LogP contribution is 2.11. The fraction of sp³-hybridized carbons (Fsp3) is 0.250. The van der Waals surface area contributed by atoms with Crippen molar-refractivity contribution in [3.8, 4) is 5.75 Å². The minimum absolute atomic E-state index is 0.0755. The van der Waals surface area contributed by atoms with Gasteiger partial charge in [-0.3, -0.25) is 9.59 Å². The Labute approximate surface area is 155 Å². The number of aromatic amines is 1. The summed E-state index contributed by atoms with van der Waals surface area (Å²) in [6, 6.07) is 12.8. The van der Waals surface area contributed by atoms with Gasteiger partial charge in [-0.25, -0.2) is 9.37 Å². The topological polar surface area (TPSA) is 75.3 Å². The highest BCUT2D eigenvalue weighted by molar-refractivity contribution is 5.78. The average molecular weight is 369 g/mol. The molecule has 0 bridgehead atoms. The molecule has 0 aliphatic carbocycles. The van der Waals surface area contributed by atoms with E-state index >= 15 is 0 Å². The van der Waals surface area contributed by atoms with Gasteiger partial charge in [0.25, 0.3) is 5.56 Å². The Bertz CT molecular complexity index is 986. The zero-order valence-electron chi connectivity index (χ0n) is 14.9. The van der Waals surface area contributed by atoms with Crippen molar-refractivity contribution in [3.05, 3.63) is 70.5 Å². The van der Waals surface area contributed by atoms with E-state index < -0.39 is 0 Å². The highest BCUT2D eigenvalue weighted by atomic mass is 19.1. The SMILES string of the molecule is CN(CCOc1ccc(F)cc1)C(=O)CCc1nc2ccccc2c(=O)[nH]1. The molecule has 0 spiro atoms. The van der Waals surface area contributed by atoms with E-state index in [4.69, 9.17) is 4.74 Å². The van der Waals surface area contributed by atoms with Crippen molar-refractivity contribution >= 4 is 16.8 Å². The van der Waals surface area contributed by atoms with Gasteiger partial charge >= 0.3 is 0 Å². The molecule has 0 atom stereocenters. The molecular formula is C20H20FN3O3. The number of H-pyrrole nitrogens is 1. The number of aromatic nitrogens is 2. The first-order chi connectivity index (χ1) is 13.0. The Morgan fingerprint density at radius 3 is 2.70 bits per heavy atom. The van der Waals surface area contributed by atoms with Crippen LogP contribution in [0, 0.1) is 5.82 Å². The molecular weight excluding hydrogens is 349 g/mol. The van der Waals surface area contributed by atoms with Crippen molar-refractivity contribution in [3.63, 3.8) is 0 Å². The van der Waals surface area contributed by atoms with Crippen LogP contribution in [-0.2, 0) is 11.2 Å². The monoisotopic (exact) mass is 369 g/mol. The number of hydrogen-bond acceptors (Lipinski definition) is 4. The molecule has 0 unspecified atom stereocenters. The summed E-state index contributed by atoms with van der Waals surface area (Å²) in [5, 5.41) is 0.530. The van der Waals surface area contributed by atoms with Crippen LogP contribution in [0.4, 0.5) is 4.39 Å². The molecule has 0 fully saturated rings. The van der Waals surface area contributed by atoms with Gasteiger partial charge in [-0.15, -0.1) is 0 Å². The minimum atomic E-state index is -0.324. The van der Waals surface area contributed by atoms with Gasteiger partial charge in [0, 0.05) is 19.9 Å². The second-order valence-corrected chi connectivity index (χ2v) is 6.15. The first kappa shape index (κ1) is 18.6. The van der Waals surface area contributed by atoms with Crippen molar-refractivity contribution in [1.82, 2.24) is 14.9 Å². The summed E-state index contributed by atoms with van der Waals surface area (Å²) in [6.45, 7) is 0.705. The lowest BCUT2D eigenvalue weighted by molar-refractivity contribution is -0.130. The molecule has 7 heteroatoms. The summed E-state index contributed by atoms with van der Waals surface area (Å²) in [4.78, 5) is 33.0. The van der Waals surface area contributed by atoms with Crippen LogP contribution in [0.3, 0.4) is 0 Å². The third-order valence-corrected chi connectivity index (χ3v) is 4.17. The lowest BCUT2D eigenvalue weighted by Crippen LogP contribution is -2.31. The van der Waals surface area contributed by atoms with Gasteiger partial charge in [0.05, 0.1) is 17.4 Å². The van der Waals surface area contributed by atoms with Crippen LogP contribution in [0.15, 0.2) is 53.3 Å². The lowest BCUT2D eigenvalue weighted by Gasteiger charge is -2.17. The molecule has 3 rings (SSSR count). The number of halogens is 1. The molecule has 140 valence electrons. The van der Waals surface area contributed by atoms with Crippen molar-refractivity contribution in [2.24, 2.45) is 0 Å². The predicted octanol–water partition coefficient (Wildman–Crippen LogP) is 2.53. The van der Waals surface area contributed by atoms with Crippen molar-refractivity contribution < 1.29 is 13.9 Å². The number of para-hydroxylation sites is 1. The normalized spacial score (nSPS) is 10.7. The van der Waals surface area contributed by atoms with Crippen molar-refractivity contribution in [2.75, 3.05) is 20.2 Å². The molecule has 0 aliphatic heterocycles. The van der Waals surface area contributed by atoms with Crippen LogP contribution in [0.2, 0.25) is 0 Å². The number of aryl methyl sites for hydroxylation is 1. The average Bonchev–Trinajstić information content (AvgIpc) is 2.67. The van der Waals surface area contributed by atoms with Crippen molar-refractivity contribution in [1.29, 1.82) is 0 Å². The number of benzene rings is 2. The third kappa shape index (κ3) is 4.91. The number of fused-ring (bicyclic) bond motifs is 1. The van der Waals surface area contributed by atoms with Crippen LogP contribution in [-0.4, -0.2) is 41.0 Å². The number of nitrogens with zero attached hydrogens (tertiary/aromatic N) is 2. The molecule has 3 aromatic rings. The van der Waals surface area contributed by atoms with Crippen molar-refractivity contribution in [2.45, 2.75) is 12.8 Å². The summed E-state index contributed by atoms with van der Waals surface area (Å²) in [6.07, 6.45) is 0.580. The Balaban J connectivity index is 1.49. The van der Waals surface area contributed by atoms with E-state index in [9.17, 15) is 14.0 Å². The van der Waals surface area contributed by atoms with Crippen LogP contribution in [0.5, 0.6) is 5.75 Å². The summed E-state index contributed by atoms with van der Waals surface area (Å²) in [5.41, 5.74) is 0.411. The number of rotatable bonds is 7. The van der Waals surface area contributed by atoms with Gasteiger partial charge in [-0.1, -0.05) is 12.1 Å². The van der Waals surface area contributed by atoms with Gasteiger partial charge < -0.3 is 14.6 Å². The second kappa shape index (κ2) is 8.44. The molecule has 0 radical (unpaired) electrons. The van der Waals surface area contributed by atoms with E-state index in [-0.39, 0.29) is 23.7 Å². The van der Waals surface area contributed by atoms with Crippen LogP contribution in [0.1, 0.15) is 12.2 Å². The maximum atomic E-state index is 12.8. The molecule has 0 saturated carbocycles. The van der Waals surface area contributed by atoms with E-state index in [1.165, 1.54) is 12.1 Å². The minimum Gasteiger partial charge on any atom is -0.492 e. The molecule has 1 heterocycles. The Hall–Kier alpha value is -3.22. The number of carbonyl (C=O) groups is 1. The summed E-state index contributed by atoms with van der Waals surface area (Å²) >= 11 is 0. The number of hydrogen-bond donors (Lipinski definition) is 1. The summed E-state index contributed by atoms with van der Waals surface area (Å²) in [5.74, 6) is 0.640. The number of likely N-dealkylation sites (N-methyl/N-ethyl adjacent to an activating group) is 1. The number of carbonyl (C=O) groups excluding carboxylic acids is 1. The molecule has 0 aliphatic rings. The van der Waals surface area contributed by atoms with E-state index in [0.717, 1.165) is 0 Å². The zero-order chi connectivity index (χ0) is 19.2. The fourth-order valence-electron chi connectivity index (χ4n) is 2.63. The number of nitrogens with one attached hydrogen (secondary N) is 1. The number of ether oxygens (including phenoxy) is 1. The third-order valence-electron chi connectivity index (χ3n) is 4.17. The molecule has 0 saturated heterocycles. The van der Waals surface area contributed by atoms with E-state index in [2.05, 4.69) is 9.97 Å². The largest absolute Gasteiger partial charge is 0.492 e. The van der Waals surface area contributed by atoms with Gasteiger partial charge in [-0.2, -0.15) is 0 Å². The molecule has 1 aromatic heterocycles. The molecule has 27 heavy (non-hydrogen) atoms. The lowest BCUT2D eigenvalue weighted by atomic mass is 10.2. The van der Waals surface area contributed by atoms with Crippen LogP contribution < -0.4 is 10.3 Å². The van der Waals surface area contributed by atoms with Gasteiger partial charge in [0.15, 0.2) is 0 Å². The maximum absolute atomic E-state index is 12.8. The van der Waals surface area contributed by atoms with Gasteiger partial charge in [0.1, 0.15) is 24.0 Å². The molecule has 1 N–H and O–H groups in total. The molecule has 2 aromatic carbocycles. The first-order valence-corrected chi connectivity index (χ1v) is 8.63. The van der Waals surface area contributed by atoms with E-state index in [1.807, 2.05) is 6.07 Å². The van der Waals surface area contributed by atoms with E-state index in [1.54, 1.807) is 42.3 Å². The quantitative estimate of drug-likeness (QED) is 0.694. The Morgan fingerprint density at radius 1 is 1.19 bits per heavy atom. The van der Waals surface area contributed by atoms with Crippen LogP contribution >= 0.6 is 0 Å². The Kier molecular flexibility index (Phi) is 5.80. The van der Waals surface area contributed by atoms with Crippen LogP contribution in [0.25, 0.3) is 10.9 Å². The predicted molar refractivity (Wildman–Crippen MR) is 100 cm³/mol.